The van der Waals surface area contributed by atoms with E-state index in [4.69, 9.17) is 18.9 Å². The Bertz CT molecular complexity index is 811. The lowest BCUT2D eigenvalue weighted by atomic mass is 9.43. The summed E-state index contributed by atoms with van der Waals surface area (Å²) in [6.07, 6.45) is 2.30. The number of ether oxygens (including phenoxy) is 4. The quantitative estimate of drug-likeness (QED) is 0.685. The number of likely N-dealkylation sites (tertiary alicyclic amines) is 1. The van der Waals surface area contributed by atoms with Gasteiger partial charge in [-0.2, -0.15) is 0 Å². The molecule has 13 atom stereocenters. The number of fused-ring (bicyclic) bond motifs is 1. The van der Waals surface area contributed by atoms with Crippen LogP contribution in [-0.2, 0) is 18.9 Å². The first-order valence-corrected chi connectivity index (χ1v) is 12.3. The number of methoxy groups -OCH3 is 2. The van der Waals surface area contributed by atoms with Gasteiger partial charge in [0.15, 0.2) is 0 Å². The first-order chi connectivity index (χ1) is 14.9. The number of aliphatic hydroxyl groups excluding tert-OH is 2. The summed E-state index contributed by atoms with van der Waals surface area (Å²) in [5.74, 6) is 0.432. The SMILES string of the molecule is CCN1C[C@]2(C)CC[C@H](O)[C@@]34[C@@H]5C[C@H]6[C@H](O)[C@@H]5[C@@]5(C[C@@H]6OC)OCO[C@]5([C@H]13)[C@@H](OC)[C@H]24. The molecule has 2 saturated heterocycles. The van der Waals surface area contributed by atoms with Crippen molar-refractivity contribution in [3.05, 3.63) is 0 Å². The monoisotopic (exact) mass is 435 g/mol. The molecule has 0 unspecified atom stereocenters. The van der Waals surface area contributed by atoms with Crippen LogP contribution in [0.4, 0.5) is 0 Å². The van der Waals surface area contributed by atoms with E-state index in [0.29, 0.717) is 0 Å². The van der Waals surface area contributed by atoms with Crippen molar-refractivity contribution in [1.29, 1.82) is 0 Å². The Morgan fingerprint density at radius 3 is 2.68 bits per heavy atom. The number of hydrogen-bond acceptors (Lipinski definition) is 7. The first kappa shape index (κ1) is 20.1. The highest BCUT2D eigenvalue weighted by atomic mass is 16.7. The van der Waals surface area contributed by atoms with Gasteiger partial charge in [0, 0.05) is 50.4 Å². The molecule has 2 N–H and O–H groups in total. The fourth-order valence-electron chi connectivity index (χ4n) is 11.1. The minimum absolute atomic E-state index is 0.0358. The third-order valence-electron chi connectivity index (χ3n) is 11.6. The second-order valence-electron chi connectivity index (χ2n) is 11.9. The molecule has 7 heteroatoms. The molecule has 7 rings (SSSR count). The third-order valence-corrected chi connectivity index (χ3v) is 11.6. The van der Waals surface area contributed by atoms with Crippen molar-refractivity contribution in [1.82, 2.24) is 4.90 Å². The van der Waals surface area contributed by atoms with Crippen molar-refractivity contribution in [3.8, 4) is 0 Å². The molecule has 0 aromatic rings. The van der Waals surface area contributed by atoms with Crippen molar-refractivity contribution in [3.63, 3.8) is 0 Å². The minimum atomic E-state index is -0.695. The maximum Gasteiger partial charge on any atom is 0.148 e. The maximum atomic E-state index is 11.9. The molecule has 0 amide bonds. The average molecular weight is 436 g/mol. The van der Waals surface area contributed by atoms with Crippen LogP contribution in [0, 0.1) is 34.5 Å². The fraction of sp³-hybridized carbons (Fsp3) is 1.00. The number of likely N-dealkylation sites (N-methyl/N-ethyl adjacent to an activating group) is 1. The van der Waals surface area contributed by atoms with E-state index in [1.54, 1.807) is 7.11 Å². The highest BCUT2D eigenvalue weighted by molar-refractivity contribution is 5.42. The van der Waals surface area contributed by atoms with Gasteiger partial charge in [-0.05, 0) is 37.1 Å². The van der Waals surface area contributed by atoms with Gasteiger partial charge in [0.25, 0.3) is 0 Å². The Morgan fingerprint density at radius 2 is 1.97 bits per heavy atom. The lowest BCUT2D eigenvalue weighted by molar-refractivity contribution is -0.278. The van der Waals surface area contributed by atoms with Gasteiger partial charge in [-0.25, -0.2) is 0 Å². The van der Waals surface area contributed by atoms with Crippen LogP contribution in [0.3, 0.4) is 0 Å². The second-order valence-corrected chi connectivity index (χ2v) is 11.9. The van der Waals surface area contributed by atoms with E-state index in [1.165, 1.54) is 0 Å². The number of nitrogens with zero attached hydrogens (tertiary/aromatic N) is 1. The Labute approximate surface area is 184 Å². The standard InChI is InChI=1S/C24H37NO6/c1-5-25-10-21(2)7-6-15(26)23-13-8-12-14(28-3)9-22(16(13)17(12)27)24(20(23)25,31-11-30-22)19(29-4)18(21)23/h12-20,26-27H,5-11H2,1-4H3/t12-,13-,14+,15+,16-,17+,18-,19+,20-,21+,22-,23-,24+/m1/s1. The lowest BCUT2D eigenvalue weighted by Crippen LogP contribution is -2.80. The Morgan fingerprint density at radius 1 is 1.16 bits per heavy atom. The molecule has 7 bridgehead atoms. The van der Waals surface area contributed by atoms with Crippen LogP contribution >= 0.6 is 0 Å². The zero-order chi connectivity index (χ0) is 21.6. The summed E-state index contributed by atoms with van der Waals surface area (Å²) in [6.45, 7) is 6.78. The average Bonchev–Trinajstić information content (AvgIpc) is 3.31. The lowest BCUT2D eigenvalue weighted by Gasteiger charge is -2.69. The summed E-state index contributed by atoms with van der Waals surface area (Å²) in [5.41, 5.74) is -1.63. The number of aliphatic hydroxyl groups is 2. The Kier molecular flexibility index (Phi) is 3.80. The molecule has 2 aliphatic heterocycles. The van der Waals surface area contributed by atoms with Gasteiger partial charge in [-0.3, -0.25) is 4.90 Å². The van der Waals surface area contributed by atoms with Crippen LogP contribution in [0.5, 0.6) is 0 Å². The fourth-order valence-corrected chi connectivity index (χ4v) is 11.1. The van der Waals surface area contributed by atoms with Crippen molar-refractivity contribution >= 4 is 0 Å². The zero-order valence-electron chi connectivity index (χ0n) is 19.1. The first-order valence-electron chi connectivity index (χ1n) is 12.3. The number of rotatable bonds is 3. The molecule has 7 aliphatic rings. The molecule has 0 aromatic heterocycles. The van der Waals surface area contributed by atoms with E-state index in [0.717, 1.165) is 38.8 Å². The van der Waals surface area contributed by atoms with Gasteiger partial charge in [-0.1, -0.05) is 13.8 Å². The maximum absolute atomic E-state index is 11.9. The number of hydrogen-bond donors (Lipinski definition) is 2. The molecule has 5 saturated carbocycles. The summed E-state index contributed by atoms with van der Waals surface area (Å²) in [5, 5.41) is 23.6. The van der Waals surface area contributed by atoms with Crippen molar-refractivity contribution in [2.75, 3.05) is 34.1 Å². The van der Waals surface area contributed by atoms with E-state index >= 15 is 0 Å². The Hall–Kier alpha value is -0.280. The molecule has 31 heavy (non-hydrogen) atoms. The molecule has 3 spiro atoms. The molecular formula is C24H37NO6. The highest BCUT2D eigenvalue weighted by Gasteiger charge is 2.93. The molecule has 174 valence electrons. The van der Waals surface area contributed by atoms with Crippen molar-refractivity contribution in [2.24, 2.45) is 34.5 Å². The summed E-state index contributed by atoms with van der Waals surface area (Å²) in [7, 11) is 3.57. The van der Waals surface area contributed by atoms with Crippen LogP contribution in [-0.4, -0.2) is 90.9 Å². The smallest absolute Gasteiger partial charge is 0.148 e. The molecule has 7 nitrogen and oxygen atoms in total. The van der Waals surface area contributed by atoms with E-state index in [9.17, 15) is 10.2 Å². The van der Waals surface area contributed by atoms with Crippen LogP contribution in [0.25, 0.3) is 0 Å². The molecule has 7 fully saturated rings. The topological polar surface area (TPSA) is 80.6 Å². The van der Waals surface area contributed by atoms with Gasteiger partial charge in [0.05, 0.1) is 30.5 Å². The molecule has 2 heterocycles. The molecule has 5 aliphatic carbocycles. The summed E-state index contributed by atoms with van der Waals surface area (Å²) in [6, 6.07) is 0.0358. The van der Waals surface area contributed by atoms with Crippen LogP contribution in [0.1, 0.15) is 39.5 Å². The normalized spacial score (nSPS) is 65.8. The van der Waals surface area contributed by atoms with Crippen LogP contribution in [0.15, 0.2) is 0 Å². The van der Waals surface area contributed by atoms with E-state index < -0.39 is 23.4 Å². The Balaban J connectivity index is 1.57. The van der Waals surface area contributed by atoms with Gasteiger partial charge in [0.1, 0.15) is 18.0 Å². The highest BCUT2D eigenvalue weighted by Crippen LogP contribution is 2.82. The molecular weight excluding hydrogens is 398 g/mol. The van der Waals surface area contributed by atoms with Gasteiger partial charge >= 0.3 is 0 Å². The second kappa shape index (κ2) is 5.85. The number of piperidine rings is 1. The van der Waals surface area contributed by atoms with Gasteiger partial charge in [-0.15, -0.1) is 0 Å². The predicted octanol–water partition coefficient (Wildman–Crippen LogP) is 1.01. The summed E-state index contributed by atoms with van der Waals surface area (Å²) >= 11 is 0. The van der Waals surface area contributed by atoms with Gasteiger partial charge < -0.3 is 29.2 Å². The third kappa shape index (κ3) is 1.74. The van der Waals surface area contributed by atoms with Crippen LogP contribution in [0.2, 0.25) is 0 Å². The molecule has 0 aromatic carbocycles. The van der Waals surface area contributed by atoms with E-state index in [2.05, 4.69) is 18.7 Å². The van der Waals surface area contributed by atoms with E-state index in [-0.39, 0.29) is 59.5 Å². The summed E-state index contributed by atoms with van der Waals surface area (Å²) in [4.78, 5) is 2.59. The van der Waals surface area contributed by atoms with E-state index in [1.807, 2.05) is 7.11 Å². The van der Waals surface area contributed by atoms with Gasteiger partial charge in [0.2, 0.25) is 0 Å². The van der Waals surface area contributed by atoms with Crippen molar-refractivity contribution in [2.45, 2.75) is 81.2 Å². The minimum Gasteiger partial charge on any atom is -0.392 e. The summed E-state index contributed by atoms with van der Waals surface area (Å²) < 4.78 is 25.9. The van der Waals surface area contributed by atoms with Crippen molar-refractivity contribution < 1.29 is 29.2 Å². The predicted molar refractivity (Wildman–Crippen MR) is 110 cm³/mol. The van der Waals surface area contributed by atoms with Crippen LogP contribution < -0.4 is 0 Å². The molecule has 0 radical (unpaired) electrons. The zero-order valence-corrected chi connectivity index (χ0v) is 19.1. The largest absolute Gasteiger partial charge is 0.392 e.